The van der Waals surface area contributed by atoms with Gasteiger partial charge in [-0.1, -0.05) is 6.07 Å². The van der Waals surface area contributed by atoms with Crippen molar-refractivity contribution in [1.29, 1.82) is 0 Å². The fourth-order valence-electron chi connectivity index (χ4n) is 2.82. The van der Waals surface area contributed by atoms with Gasteiger partial charge < -0.3 is 20.2 Å². The lowest BCUT2D eigenvalue weighted by Crippen LogP contribution is -2.49. The van der Waals surface area contributed by atoms with Crippen LogP contribution in [0.2, 0.25) is 0 Å². The highest BCUT2D eigenvalue weighted by Gasteiger charge is 2.22. The topological polar surface area (TPSA) is 129 Å². The van der Waals surface area contributed by atoms with Gasteiger partial charge in [-0.15, -0.1) is 0 Å². The van der Waals surface area contributed by atoms with Gasteiger partial charge in [0.15, 0.2) is 0 Å². The van der Waals surface area contributed by atoms with Crippen molar-refractivity contribution in [1.82, 2.24) is 25.2 Å². The number of piperazine rings is 1. The summed E-state index contributed by atoms with van der Waals surface area (Å²) in [6.45, 7) is 2.57. The molecule has 1 saturated heterocycles. The van der Waals surface area contributed by atoms with Crippen LogP contribution in [-0.2, 0) is 4.79 Å². The van der Waals surface area contributed by atoms with Gasteiger partial charge in [0.05, 0.1) is 0 Å². The second-order valence-corrected chi connectivity index (χ2v) is 6.14. The molecule has 3 rings (SSSR count). The molecule has 0 atom stereocenters. The molecular formula is C18H20N6O4. The zero-order chi connectivity index (χ0) is 19.9. The first kappa shape index (κ1) is 19.2. The smallest absolute Gasteiger partial charge is 0.354 e. The first-order chi connectivity index (χ1) is 13.5. The number of carboxylic acids is 1. The number of hydrogen-bond donors (Lipinski definition) is 2. The summed E-state index contributed by atoms with van der Waals surface area (Å²) in [5, 5.41) is 11.5. The molecule has 1 aliphatic heterocycles. The minimum Gasteiger partial charge on any atom is -0.477 e. The summed E-state index contributed by atoms with van der Waals surface area (Å²) in [7, 11) is 0. The summed E-state index contributed by atoms with van der Waals surface area (Å²) >= 11 is 0. The average Bonchev–Trinajstić information content (AvgIpc) is 2.74. The Balaban J connectivity index is 1.43. The van der Waals surface area contributed by atoms with E-state index in [0.29, 0.717) is 32.1 Å². The lowest BCUT2D eigenvalue weighted by atomic mass is 10.2. The monoisotopic (exact) mass is 384 g/mol. The Hall–Kier alpha value is -3.56. The highest BCUT2D eigenvalue weighted by molar-refractivity contribution is 5.94. The summed E-state index contributed by atoms with van der Waals surface area (Å²) in [6.07, 6.45) is 3.53. The fraction of sp³-hybridized carbons (Fsp3) is 0.333. The largest absolute Gasteiger partial charge is 0.477 e. The number of carbonyl (C=O) groups is 3. The summed E-state index contributed by atoms with van der Waals surface area (Å²) in [5.41, 5.74) is -0.201. The van der Waals surface area contributed by atoms with E-state index >= 15 is 0 Å². The number of aromatic nitrogens is 3. The lowest BCUT2D eigenvalue weighted by molar-refractivity contribution is -0.131. The van der Waals surface area contributed by atoms with E-state index in [1.165, 1.54) is 18.2 Å². The van der Waals surface area contributed by atoms with E-state index in [1.807, 2.05) is 4.90 Å². The number of nitrogens with zero attached hydrogens (tertiary/aromatic N) is 5. The summed E-state index contributed by atoms with van der Waals surface area (Å²) in [6, 6.07) is 5.94. The molecule has 0 saturated carbocycles. The minimum atomic E-state index is -1.20. The Morgan fingerprint density at radius 2 is 1.68 bits per heavy atom. The Kier molecular flexibility index (Phi) is 6.10. The van der Waals surface area contributed by atoms with Gasteiger partial charge in [0.25, 0.3) is 5.91 Å². The predicted octanol–water partition coefficient (Wildman–Crippen LogP) is 0.0385. The van der Waals surface area contributed by atoms with E-state index in [1.54, 1.807) is 23.4 Å². The second kappa shape index (κ2) is 8.89. The number of pyridine rings is 1. The Labute approximate surface area is 161 Å². The molecule has 10 heteroatoms. The molecule has 28 heavy (non-hydrogen) atoms. The highest BCUT2D eigenvalue weighted by Crippen LogP contribution is 2.10. The van der Waals surface area contributed by atoms with E-state index in [-0.39, 0.29) is 30.3 Å². The van der Waals surface area contributed by atoms with Gasteiger partial charge in [-0.05, 0) is 18.2 Å². The summed E-state index contributed by atoms with van der Waals surface area (Å²) in [4.78, 5) is 51.3. The van der Waals surface area contributed by atoms with E-state index in [9.17, 15) is 14.4 Å². The zero-order valence-corrected chi connectivity index (χ0v) is 15.1. The van der Waals surface area contributed by atoms with Crippen molar-refractivity contribution in [2.45, 2.75) is 6.42 Å². The summed E-state index contributed by atoms with van der Waals surface area (Å²) < 4.78 is 0. The maximum Gasteiger partial charge on any atom is 0.354 e. The molecule has 0 unspecified atom stereocenters. The van der Waals surface area contributed by atoms with Crippen molar-refractivity contribution < 1.29 is 19.5 Å². The number of aromatic carboxylic acids is 1. The standard InChI is InChI=1S/C18H20N6O4/c25-15(23-9-11-24(12-10-23)18-20-6-2-7-21-18)5-8-19-16(26)13-3-1-4-14(22-13)17(27)28/h1-4,6-7H,5,8-12H2,(H,19,26)(H,27,28). The molecule has 0 aromatic carbocycles. The molecule has 2 N–H and O–H groups in total. The van der Waals surface area contributed by atoms with Crippen LogP contribution in [0.5, 0.6) is 0 Å². The van der Waals surface area contributed by atoms with Crippen molar-refractivity contribution in [2.75, 3.05) is 37.6 Å². The maximum absolute atomic E-state index is 12.3. The fourth-order valence-corrected chi connectivity index (χ4v) is 2.82. The van der Waals surface area contributed by atoms with Crippen LogP contribution in [0.15, 0.2) is 36.7 Å². The molecule has 2 aromatic heterocycles. The third-order valence-electron chi connectivity index (χ3n) is 4.29. The molecule has 2 aromatic rings. The average molecular weight is 384 g/mol. The molecule has 10 nitrogen and oxygen atoms in total. The molecule has 0 radical (unpaired) electrons. The van der Waals surface area contributed by atoms with E-state index < -0.39 is 11.9 Å². The molecule has 0 aliphatic carbocycles. The number of hydrogen-bond acceptors (Lipinski definition) is 7. The molecule has 1 fully saturated rings. The molecule has 0 bridgehead atoms. The maximum atomic E-state index is 12.3. The van der Waals surface area contributed by atoms with Crippen LogP contribution >= 0.6 is 0 Å². The van der Waals surface area contributed by atoms with Crippen LogP contribution in [0.1, 0.15) is 27.4 Å². The Morgan fingerprint density at radius 1 is 1.00 bits per heavy atom. The molecule has 2 amide bonds. The SMILES string of the molecule is O=C(O)c1cccc(C(=O)NCCC(=O)N2CCN(c3ncccn3)CC2)n1. The number of carbonyl (C=O) groups excluding carboxylic acids is 2. The van der Waals surface area contributed by atoms with Crippen LogP contribution in [0.25, 0.3) is 0 Å². The third kappa shape index (κ3) is 4.78. The predicted molar refractivity (Wildman–Crippen MR) is 99.0 cm³/mol. The van der Waals surface area contributed by atoms with Crippen molar-refractivity contribution in [3.05, 3.63) is 48.0 Å². The van der Waals surface area contributed by atoms with Crippen LogP contribution in [0.4, 0.5) is 5.95 Å². The second-order valence-electron chi connectivity index (χ2n) is 6.14. The van der Waals surface area contributed by atoms with Crippen molar-refractivity contribution >= 4 is 23.7 Å². The molecular weight excluding hydrogens is 364 g/mol. The van der Waals surface area contributed by atoms with Gasteiger partial charge in [-0.2, -0.15) is 0 Å². The van der Waals surface area contributed by atoms with Gasteiger partial charge in [-0.3, -0.25) is 9.59 Å². The first-order valence-corrected chi connectivity index (χ1v) is 8.83. The van der Waals surface area contributed by atoms with E-state index in [4.69, 9.17) is 5.11 Å². The normalized spacial score (nSPS) is 13.9. The van der Waals surface area contributed by atoms with Crippen LogP contribution in [-0.4, -0.2) is 75.5 Å². The van der Waals surface area contributed by atoms with E-state index in [2.05, 4.69) is 20.3 Å². The quantitative estimate of drug-likeness (QED) is 0.714. The van der Waals surface area contributed by atoms with E-state index in [0.717, 1.165) is 0 Å². The number of nitrogens with one attached hydrogen (secondary N) is 1. The minimum absolute atomic E-state index is 0.00354. The number of carboxylic acid groups (broad SMARTS) is 1. The molecule has 1 aliphatic rings. The summed E-state index contributed by atoms with van der Waals surface area (Å²) in [5.74, 6) is -1.12. The van der Waals surface area contributed by atoms with Gasteiger partial charge in [-0.25, -0.2) is 19.7 Å². The number of anilines is 1. The Bertz CT molecular complexity index is 852. The molecule has 0 spiro atoms. The molecule has 146 valence electrons. The van der Waals surface area contributed by atoms with Crippen molar-refractivity contribution in [3.8, 4) is 0 Å². The lowest BCUT2D eigenvalue weighted by Gasteiger charge is -2.34. The van der Waals surface area contributed by atoms with Crippen LogP contribution < -0.4 is 10.2 Å². The number of amides is 2. The van der Waals surface area contributed by atoms with Crippen molar-refractivity contribution in [3.63, 3.8) is 0 Å². The van der Waals surface area contributed by atoms with Gasteiger partial charge in [0, 0.05) is 51.5 Å². The third-order valence-corrected chi connectivity index (χ3v) is 4.29. The van der Waals surface area contributed by atoms with Gasteiger partial charge in [0.2, 0.25) is 11.9 Å². The highest BCUT2D eigenvalue weighted by atomic mass is 16.4. The Morgan fingerprint density at radius 3 is 2.36 bits per heavy atom. The van der Waals surface area contributed by atoms with Crippen molar-refractivity contribution in [2.24, 2.45) is 0 Å². The first-order valence-electron chi connectivity index (χ1n) is 8.83. The van der Waals surface area contributed by atoms with Crippen LogP contribution in [0.3, 0.4) is 0 Å². The van der Waals surface area contributed by atoms with Gasteiger partial charge in [0.1, 0.15) is 11.4 Å². The number of rotatable bonds is 6. The van der Waals surface area contributed by atoms with Crippen LogP contribution in [0, 0.1) is 0 Å². The zero-order valence-electron chi connectivity index (χ0n) is 15.1. The van der Waals surface area contributed by atoms with Gasteiger partial charge >= 0.3 is 5.97 Å². The molecule has 3 heterocycles.